The molecule has 2 aromatic carbocycles. The van der Waals surface area contributed by atoms with E-state index in [1.807, 2.05) is 57.2 Å². The predicted octanol–water partition coefficient (Wildman–Crippen LogP) is 4.98. The van der Waals surface area contributed by atoms with E-state index >= 15 is 0 Å². The van der Waals surface area contributed by atoms with E-state index in [9.17, 15) is 9.59 Å². The van der Waals surface area contributed by atoms with Crippen LogP contribution in [0.15, 0.2) is 48.5 Å². The number of benzene rings is 2. The van der Waals surface area contributed by atoms with Crippen LogP contribution in [0.5, 0.6) is 5.75 Å². The molecule has 33 heavy (non-hydrogen) atoms. The number of amides is 2. The second-order valence-electron chi connectivity index (χ2n) is 9.13. The quantitative estimate of drug-likeness (QED) is 0.555. The SMILES string of the molecule is CC[C@H](C(=O)NC1CCCCC1)N(CCc1ccccc1)C(=O)COc1ccc(C)c(C)c1. The average molecular weight is 451 g/mol. The summed E-state index contributed by atoms with van der Waals surface area (Å²) in [4.78, 5) is 28.2. The maximum Gasteiger partial charge on any atom is 0.261 e. The van der Waals surface area contributed by atoms with Crippen LogP contribution in [0.4, 0.5) is 0 Å². The van der Waals surface area contributed by atoms with Gasteiger partial charge < -0.3 is 15.0 Å². The fourth-order valence-electron chi connectivity index (χ4n) is 4.47. The first-order chi connectivity index (χ1) is 16.0. The van der Waals surface area contributed by atoms with Crippen molar-refractivity contribution in [1.29, 1.82) is 0 Å². The van der Waals surface area contributed by atoms with Gasteiger partial charge in [-0.15, -0.1) is 0 Å². The lowest BCUT2D eigenvalue weighted by molar-refractivity contribution is -0.142. The van der Waals surface area contributed by atoms with Gasteiger partial charge in [0.2, 0.25) is 5.91 Å². The molecule has 1 aliphatic carbocycles. The van der Waals surface area contributed by atoms with Gasteiger partial charge in [0.05, 0.1) is 0 Å². The van der Waals surface area contributed by atoms with E-state index < -0.39 is 6.04 Å². The van der Waals surface area contributed by atoms with Crippen LogP contribution in [0.1, 0.15) is 62.1 Å². The number of rotatable bonds is 10. The number of hydrogen-bond donors (Lipinski definition) is 1. The van der Waals surface area contributed by atoms with Crippen LogP contribution >= 0.6 is 0 Å². The standard InChI is InChI=1S/C28H38N2O3/c1-4-26(28(32)29-24-13-9-6-10-14-24)30(18-17-23-11-7-5-8-12-23)27(31)20-33-25-16-15-21(2)22(3)19-25/h5,7-8,11-12,15-16,19,24,26H,4,6,9-10,13-14,17-18,20H2,1-3H3,(H,29,32)/t26-/m1/s1. The molecule has 0 spiro atoms. The summed E-state index contributed by atoms with van der Waals surface area (Å²) in [6.45, 7) is 6.45. The van der Waals surface area contributed by atoms with Crippen LogP contribution in [0, 0.1) is 13.8 Å². The highest BCUT2D eigenvalue weighted by Crippen LogP contribution is 2.19. The van der Waals surface area contributed by atoms with Crippen LogP contribution in [0.25, 0.3) is 0 Å². The van der Waals surface area contributed by atoms with E-state index in [0.717, 1.165) is 36.8 Å². The monoisotopic (exact) mass is 450 g/mol. The summed E-state index contributed by atoms with van der Waals surface area (Å²) in [6, 6.07) is 15.6. The van der Waals surface area contributed by atoms with Crippen molar-refractivity contribution in [1.82, 2.24) is 10.2 Å². The van der Waals surface area contributed by atoms with Crippen LogP contribution in [0.3, 0.4) is 0 Å². The third-order valence-corrected chi connectivity index (χ3v) is 6.66. The Labute approximate surface area is 198 Å². The minimum Gasteiger partial charge on any atom is -0.484 e. The van der Waals surface area contributed by atoms with Gasteiger partial charge in [-0.1, -0.05) is 62.6 Å². The summed E-state index contributed by atoms with van der Waals surface area (Å²) in [5, 5.41) is 3.22. The van der Waals surface area contributed by atoms with Gasteiger partial charge in [0, 0.05) is 12.6 Å². The first-order valence-electron chi connectivity index (χ1n) is 12.3. The maximum absolute atomic E-state index is 13.3. The summed E-state index contributed by atoms with van der Waals surface area (Å²) >= 11 is 0. The van der Waals surface area contributed by atoms with Crippen molar-refractivity contribution in [2.75, 3.05) is 13.2 Å². The molecule has 3 rings (SSSR count). The van der Waals surface area contributed by atoms with Crippen LogP contribution in [-0.4, -0.2) is 41.9 Å². The maximum atomic E-state index is 13.3. The molecule has 0 saturated heterocycles. The molecule has 0 radical (unpaired) electrons. The normalized spacial score (nSPS) is 15.0. The molecule has 1 atom stereocenters. The first kappa shape index (κ1) is 24.8. The number of hydrogen-bond acceptors (Lipinski definition) is 3. The van der Waals surface area contributed by atoms with Crippen molar-refractivity contribution in [2.24, 2.45) is 0 Å². The average Bonchev–Trinajstić information content (AvgIpc) is 2.83. The van der Waals surface area contributed by atoms with Crippen molar-refractivity contribution in [2.45, 2.75) is 77.8 Å². The number of carbonyl (C=O) groups is 2. The minimum absolute atomic E-state index is 0.0445. The number of carbonyl (C=O) groups excluding carboxylic acids is 2. The van der Waals surface area contributed by atoms with E-state index in [-0.39, 0.29) is 24.5 Å². The second kappa shape index (κ2) is 12.4. The van der Waals surface area contributed by atoms with Gasteiger partial charge in [-0.25, -0.2) is 0 Å². The Morgan fingerprint density at radius 2 is 1.76 bits per heavy atom. The molecule has 2 amide bonds. The van der Waals surface area contributed by atoms with E-state index in [4.69, 9.17) is 4.74 Å². The van der Waals surface area contributed by atoms with E-state index in [0.29, 0.717) is 25.1 Å². The van der Waals surface area contributed by atoms with Crippen molar-refractivity contribution >= 4 is 11.8 Å². The zero-order valence-corrected chi connectivity index (χ0v) is 20.3. The van der Waals surface area contributed by atoms with E-state index in [1.54, 1.807) is 4.90 Å². The van der Waals surface area contributed by atoms with Gasteiger partial charge in [0.25, 0.3) is 5.91 Å². The molecule has 0 bridgehead atoms. The smallest absolute Gasteiger partial charge is 0.261 e. The predicted molar refractivity (Wildman–Crippen MR) is 132 cm³/mol. The molecule has 5 nitrogen and oxygen atoms in total. The lowest BCUT2D eigenvalue weighted by atomic mass is 9.95. The van der Waals surface area contributed by atoms with Gasteiger partial charge in [-0.3, -0.25) is 9.59 Å². The molecule has 1 aliphatic rings. The zero-order valence-electron chi connectivity index (χ0n) is 20.3. The molecule has 1 N–H and O–H groups in total. The van der Waals surface area contributed by atoms with Crippen molar-refractivity contribution < 1.29 is 14.3 Å². The van der Waals surface area contributed by atoms with Gasteiger partial charge >= 0.3 is 0 Å². The highest BCUT2D eigenvalue weighted by Gasteiger charge is 2.30. The summed E-state index contributed by atoms with van der Waals surface area (Å²) in [7, 11) is 0. The molecule has 0 heterocycles. The summed E-state index contributed by atoms with van der Waals surface area (Å²) < 4.78 is 5.84. The summed E-state index contributed by atoms with van der Waals surface area (Å²) in [5.74, 6) is 0.473. The Balaban J connectivity index is 1.70. The van der Waals surface area contributed by atoms with E-state index in [1.165, 1.54) is 12.0 Å². The minimum atomic E-state index is -0.494. The Morgan fingerprint density at radius 3 is 2.42 bits per heavy atom. The number of aryl methyl sites for hydroxylation is 2. The third kappa shape index (κ3) is 7.34. The number of nitrogens with one attached hydrogen (secondary N) is 1. The van der Waals surface area contributed by atoms with Crippen LogP contribution < -0.4 is 10.1 Å². The Kier molecular flexibility index (Phi) is 9.35. The fraction of sp³-hybridized carbons (Fsp3) is 0.500. The molecule has 0 aliphatic heterocycles. The molecule has 0 unspecified atom stereocenters. The Morgan fingerprint density at radius 1 is 1.03 bits per heavy atom. The molecular formula is C28H38N2O3. The number of nitrogens with zero attached hydrogens (tertiary/aromatic N) is 1. The largest absolute Gasteiger partial charge is 0.484 e. The van der Waals surface area contributed by atoms with Crippen LogP contribution in [-0.2, 0) is 16.0 Å². The van der Waals surface area contributed by atoms with Crippen molar-refractivity contribution in [3.8, 4) is 5.75 Å². The highest BCUT2D eigenvalue weighted by molar-refractivity contribution is 5.88. The molecule has 1 saturated carbocycles. The zero-order chi connectivity index (χ0) is 23.6. The number of ether oxygens (including phenoxy) is 1. The fourth-order valence-corrected chi connectivity index (χ4v) is 4.47. The molecule has 1 fully saturated rings. The summed E-state index contributed by atoms with van der Waals surface area (Å²) in [5.41, 5.74) is 3.45. The van der Waals surface area contributed by atoms with Gasteiger partial charge in [0.15, 0.2) is 6.61 Å². The third-order valence-electron chi connectivity index (χ3n) is 6.66. The van der Waals surface area contributed by atoms with Gasteiger partial charge in [0.1, 0.15) is 11.8 Å². The molecule has 0 aromatic heterocycles. The van der Waals surface area contributed by atoms with Gasteiger partial charge in [-0.05, 0) is 68.4 Å². The second-order valence-corrected chi connectivity index (χ2v) is 9.13. The topological polar surface area (TPSA) is 58.6 Å². The first-order valence-corrected chi connectivity index (χ1v) is 12.3. The summed E-state index contributed by atoms with van der Waals surface area (Å²) in [6.07, 6.45) is 6.86. The van der Waals surface area contributed by atoms with Crippen molar-refractivity contribution in [3.05, 3.63) is 65.2 Å². The lowest BCUT2D eigenvalue weighted by Crippen LogP contribution is -2.53. The lowest BCUT2D eigenvalue weighted by Gasteiger charge is -2.32. The molecular weight excluding hydrogens is 412 g/mol. The molecule has 5 heteroatoms. The molecule has 178 valence electrons. The van der Waals surface area contributed by atoms with Crippen molar-refractivity contribution in [3.63, 3.8) is 0 Å². The Hall–Kier alpha value is -2.82. The van der Waals surface area contributed by atoms with Crippen LogP contribution in [0.2, 0.25) is 0 Å². The highest BCUT2D eigenvalue weighted by atomic mass is 16.5. The Bertz CT molecular complexity index is 907. The van der Waals surface area contributed by atoms with E-state index in [2.05, 4.69) is 17.4 Å². The molecule has 2 aromatic rings. The van der Waals surface area contributed by atoms with Gasteiger partial charge in [-0.2, -0.15) is 0 Å².